The number of hydrogen-bond acceptors (Lipinski definition) is 6. The Kier molecular flexibility index (Phi) is 7.54. The van der Waals surface area contributed by atoms with Gasteiger partial charge in [-0.3, -0.25) is 9.47 Å². The van der Waals surface area contributed by atoms with Crippen LogP contribution in [0.3, 0.4) is 0 Å². The summed E-state index contributed by atoms with van der Waals surface area (Å²) in [7, 11) is 0. The van der Waals surface area contributed by atoms with Crippen LogP contribution < -0.4 is 9.64 Å². The van der Waals surface area contributed by atoms with Crippen molar-refractivity contribution in [1.82, 2.24) is 19.7 Å². The van der Waals surface area contributed by atoms with Crippen LogP contribution in [0.2, 0.25) is 0 Å². The van der Waals surface area contributed by atoms with Crippen LogP contribution in [0.4, 0.5) is 17.2 Å². The van der Waals surface area contributed by atoms with Crippen LogP contribution in [0.5, 0.6) is 11.5 Å². The molecule has 234 valence electrons. The molecule has 0 bridgehead atoms. The normalized spacial score (nSPS) is 12.0. The average Bonchev–Trinajstić information content (AvgIpc) is 3.52. The third-order valence-electron chi connectivity index (χ3n) is 8.61. The molecule has 0 aliphatic carbocycles. The quantitative estimate of drug-likeness (QED) is 0.180. The fourth-order valence-electron chi connectivity index (χ4n) is 6.57. The Labute approximate surface area is 284 Å². The van der Waals surface area contributed by atoms with Gasteiger partial charge >= 0.3 is 0 Å². The molecule has 1 aliphatic heterocycles. The average molecular weight is 644 g/mol. The van der Waals surface area contributed by atoms with E-state index in [0.717, 1.165) is 61.9 Å². The van der Waals surface area contributed by atoms with Crippen molar-refractivity contribution in [3.05, 3.63) is 150 Å². The molecule has 8 rings (SSSR count). The molecule has 7 aromatic rings. The van der Waals surface area contributed by atoms with Gasteiger partial charge in [0.2, 0.25) is 0 Å². The van der Waals surface area contributed by atoms with E-state index < -0.39 is 0 Å². The highest BCUT2D eigenvalue weighted by atomic mass is 32.2. The molecule has 0 spiro atoms. The highest BCUT2D eigenvalue weighted by Gasteiger charge is 2.26. The molecule has 0 atom stereocenters. The van der Waals surface area contributed by atoms with Crippen LogP contribution in [-0.4, -0.2) is 19.7 Å². The molecule has 0 unspecified atom stereocenters. The Morgan fingerprint density at radius 2 is 1.31 bits per heavy atom. The van der Waals surface area contributed by atoms with Crippen molar-refractivity contribution in [2.24, 2.45) is 0 Å². The molecule has 48 heavy (non-hydrogen) atoms. The highest BCUT2D eigenvalue weighted by molar-refractivity contribution is 7.99. The maximum Gasteiger partial charge on any atom is 0.169 e. The molecule has 0 N–H and O–H groups in total. The van der Waals surface area contributed by atoms with Crippen molar-refractivity contribution in [3.8, 4) is 40.0 Å². The Balaban J connectivity index is 1.20. The Morgan fingerprint density at radius 3 is 2.12 bits per heavy atom. The lowest BCUT2D eigenvalue weighted by molar-refractivity contribution is 0.482. The van der Waals surface area contributed by atoms with Gasteiger partial charge in [0.25, 0.3) is 0 Å². The molecule has 0 amide bonds. The summed E-state index contributed by atoms with van der Waals surface area (Å²) in [6.07, 6.45) is 1.83. The van der Waals surface area contributed by atoms with Crippen LogP contribution in [0, 0.1) is 27.7 Å². The number of ether oxygens (including phenoxy) is 1. The van der Waals surface area contributed by atoms with E-state index in [4.69, 9.17) is 19.9 Å². The van der Waals surface area contributed by atoms with E-state index >= 15 is 0 Å². The fraction of sp³-hybridized carbons (Fsp3) is 0.0976. The van der Waals surface area contributed by atoms with E-state index in [9.17, 15) is 0 Å². The standard InChI is InChI=1S/C41H33N5OS/c1-26-22-28(3)39(29(4)23-26)46-40(43-44-41(46)33-15-6-5-12-27(33)2)30-13-11-14-31(24-30)47-32-19-20-37-35(25-32)45(38-18-9-10-21-42-38)34-16-7-8-17-36(34)48-37/h5-25H,1-4H3. The van der Waals surface area contributed by atoms with Crippen LogP contribution in [0.1, 0.15) is 22.3 Å². The molecule has 0 radical (unpaired) electrons. The van der Waals surface area contributed by atoms with Crippen LogP contribution in [0.15, 0.2) is 137 Å². The monoisotopic (exact) mass is 643 g/mol. The first kappa shape index (κ1) is 29.7. The molecular weight excluding hydrogens is 611 g/mol. The Hall–Kier alpha value is -5.66. The summed E-state index contributed by atoms with van der Waals surface area (Å²) >= 11 is 1.76. The second-order valence-corrected chi connectivity index (χ2v) is 13.2. The van der Waals surface area contributed by atoms with E-state index in [0.29, 0.717) is 5.75 Å². The molecule has 6 nitrogen and oxygen atoms in total. The molecular formula is C41H33N5OS. The predicted molar refractivity (Wildman–Crippen MR) is 194 cm³/mol. The molecule has 7 heteroatoms. The fourth-order valence-corrected chi connectivity index (χ4v) is 7.61. The topological polar surface area (TPSA) is 56.1 Å². The van der Waals surface area contributed by atoms with Crippen molar-refractivity contribution in [1.29, 1.82) is 0 Å². The summed E-state index contributed by atoms with van der Waals surface area (Å²) in [4.78, 5) is 9.23. The van der Waals surface area contributed by atoms with E-state index in [-0.39, 0.29) is 0 Å². The third-order valence-corrected chi connectivity index (χ3v) is 9.74. The van der Waals surface area contributed by atoms with Crippen molar-refractivity contribution in [3.63, 3.8) is 0 Å². The van der Waals surface area contributed by atoms with Gasteiger partial charge < -0.3 is 4.74 Å². The van der Waals surface area contributed by atoms with E-state index in [1.807, 2.05) is 48.7 Å². The first-order chi connectivity index (χ1) is 23.4. The number of benzene rings is 5. The zero-order valence-electron chi connectivity index (χ0n) is 27.2. The minimum atomic E-state index is 0.713. The number of aromatic nitrogens is 4. The largest absolute Gasteiger partial charge is 0.457 e. The van der Waals surface area contributed by atoms with Crippen molar-refractivity contribution < 1.29 is 4.74 Å². The van der Waals surface area contributed by atoms with Crippen LogP contribution >= 0.6 is 11.8 Å². The number of rotatable bonds is 6. The Morgan fingerprint density at radius 1 is 0.583 bits per heavy atom. The molecule has 0 saturated carbocycles. The molecule has 2 aromatic heterocycles. The predicted octanol–water partition coefficient (Wildman–Crippen LogP) is 11.0. The van der Waals surface area contributed by atoms with Gasteiger partial charge in [-0.2, -0.15) is 0 Å². The SMILES string of the molecule is Cc1cc(C)c(-n2c(-c3cccc(Oc4ccc5c(c4)N(c4ccccn4)c4ccccc4S5)c3)nnc2-c2ccccc2C)c(C)c1. The number of hydrogen-bond donors (Lipinski definition) is 0. The highest BCUT2D eigenvalue weighted by Crippen LogP contribution is 2.52. The lowest BCUT2D eigenvalue weighted by Gasteiger charge is -2.32. The zero-order valence-corrected chi connectivity index (χ0v) is 28.0. The van der Waals surface area contributed by atoms with E-state index in [1.165, 1.54) is 21.6 Å². The molecule has 3 heterocycles. The van der Waals surface area contributed by atoms with Crippen LogP contribution in [0.25, 0.3) is 28.5 Å². The van der Waals surface area contributed by atoms with Crippen molar-refractivity contribution in [2.45, 2.75) is 37.5 Å². The Bertz CT molecular complexity index is 2290. The summed E-state index contributed by atoms with van der Waals surface area (Å²) in [5, 5.41) is 9.58. The third kappa shape index (κ3) is 5.32. The smallest absolute Gasteiger partial charge is 0.169 e. The second-order valence-electron chi connectivity index (χ2n) is 12.1. The van der Waals surface area contributed by atoms with Gasteiger partial charge in [-0.15, -0.1) is 10.2 Å². The maximum absolute atomic E-state index is 6.58. The van der Waals surface area contributed by atoms with Gasteiger partial charge in [-0.05, 0) is 92.9 Å². The van der Waals surface area contributed by atoms with Gasteiger partial charge in [-0.1, -0.05) is 84.1 Å². The summed E-state index contributed by atoms with van der Waals surface area (Å²) in [5.74, 6) is 3.88. The number of fused-ring (bicyclic) bond motifs is 2. The number of para-hydroxylation sites is 1. The van der Waals surface area contributed by atoms with Gasteiger partial charge in [0, 0.05) is 33.2 Å². The number of nitrogens with zero attached hydrogens (tertiary/aromatic N) is 5. The van der Waals surface area contributed by atoms with Gasteiger partial charge in [0.05, 0.1) is 17.1 Å². The number of anilines is 3. The first-order valence-corrected chi connectivity index (χ1v) is 16.8. The minimum absolute atomic E-state index is 0.713. The summed E-state index contributed by atoms with van der Waals surface area (Å²) in [5.41, 5.74) is 9.88. The molecule has 5 aromatic carbocycles. The summed E-state index contributed by atoms with van der Waals surface area (Å²) in [6, 6.07) is 41.5. The van der Waals surface area contributed by atoms with Gasteiger partial charge in [0.15, 0.2) is 11.6 Å². The molecule has 0 fully saturated rings. The summed E-state index contributed by atoms with van der Waals surface area (Å²) < 4.78 is 8.78. The maximum atomic E-state index is 6.58. The number of aryl methyl sites for hydroxylation is 4. The first-order valence-electron chi connectivity index (χ1n) is 15.9. The number of pyridine rings is 1. The van der Waals surface area contributed by atoms with Gasteiger partial charge in [-0.25, -0.2) is 4.98 Å². The van der Waals surface area contributed by atoms with Crippen molar-refractivity contribution >= 4 is 29.0 Å². The lowest BCUT2D eigenvalue weighted by atomic mass is 10.0. The van der Waals surface area contributed by atoms with E-state index in [1.54, 1.807) is 11.8 Å². The molecule has 1 aliphatic rings. The van der Waals surface area contributed by atoms with Crippen molar-refractivity contribution in [2.75, 3.05) is 4.90 Å². The molecule has 0 saturated heterocycles. The zero-order chi connectivity index (χ0) is 32.8. The minimum Gasteiger partial charge on any atom is -0.457 e. The van der Waals surface area contributed by atoms with E-state index in [2.05, 4.69) is 116 Å². The van der Waals surface area contributed by atoms with Crippen LogP contribution in [-0.2, 0) is 0 Å². The second kappa shape index (κ2) is 12.2. The van der Waals surface area contributed by atoms with Gasteiger partial charge in [0.1, 0.15) is 17.3 Å². The summed E-state index contributed by atoms with van der Waals surface area (Å²) in [6.45, 7) is 8.55. The lowest BCUT2D eigenvalue weighted by Crippen LogP contribution is -2.15.